The second kappa shape index (κ2) is 5.30. The quantitative estimate of drug-likeness (QED) is 0.343. The van der Waals surface area contributed by atoms with Gasteiger partial charge < -0.3 is 9.84 Å². The molecule has 0 atom stereocenters. The highest BCUT2D eigenvalue weighted by atomic mass is 19.1. The van der Waals surface area contributed by atoms with Crippen molar-refractivity contribution in [3.8, 4) is 5.88 Å². The van der Waals surface area contributed by atoms with Crippen LogP contribution in [0.15, 0.2) is 6.20 Å². The van der Waals surface area contributed by atoms with Gasteiger partial charge in [-0.1, -0.05) is 0 Å². The minimum atomic E-state index is -0.665. The number of aliphatic hydroxyl groups is 1. The van der Waals surface area contributed by atoms with E-state index in [4.69, 9.17) is 15.7 Å². The van der Waals surface area contributed by atoms with E-state index in [1.54, 1.807) is 0 Å². The van der Waals surface area contributed by atoms with E-state index < -0.39 is 5.82 Å². The van der Waals surface area contributed by atoms with Gasteiger partial charge >= 0.3 is 0 Å². The maximum Gasteiger partial charge on any atom is 0.255 e. The zero-order chi connectivity index (χ0) is 10.4. The lowest BCUT2D eigenvalue weighted by Gasteiger charge is -2.05. The minimum Gasteiger partial charge on any atom is -0.475 e. The molecule has 1 aromatic heterocycles. The Morgan fingerprint density at radius 3 is 3.07 bits per heavy atom. The number of halogens is 1. The average Bonchev–Trinajstić information content (AvgIpc) is 2.21. The molecule has 0 saturated heterocycles. The van der Waals surface area contributed by atoms with Crippen molar-refractivity contribution < 1.29 is 14.2 Å². The molecule has 0 fully saturated rings. The van der Waals surface area contributed by atoms with E-state index in [1.807, 2.05) is 0 Å². The van der Waals surface area contributed by atoms with Crippen molar-refractivity contribution in [2.24, 2.45) is 5.84 Å². The fraction of sp³-hybridized carbons (Fsp3) is 0.429. The lowest BCUT2D eigenvalue weighted by atomic mass is 10.5. The number of nitrogens with two attached hydrogens (primary N) is 1. The van der Waals surface area contributed by atoms with Gasteiger partial charge in [-0.05, 0) is 0 Å². The molecule has 0 aliphatic heterocycles. The molecule has 0 aliphatic rings. The molecule has 4 N–H and O–H groups in total. The van der Waals surface area contributed by atoms with Gasteiger partial charge in [0.25, 0.3) is 5.88 Å². The topological polar surface area (TPSA) is 93.3 Å². The fourth-order valence-corrected chi connectivity index (χ4v) is 0.756. The predicted molar refractivity (Wildman–Crippen MR) is 47.0 cm³/mol. The standard InChI is InChI=1S/C7H11FN4O2/c8-5-4-10-7(12-9)11-6(5)14-3-1-2-13/h4,13H,1-3,9H2,(H,10,11,12). The lowest BCUT2D eigenvalue weighted by molar-refractivity contribution is 0.223. The van der Waals surface area contributed by atoms with Crippen LogP contribution in [-0.2, 0) is 0 Å². The molecule has 1 heterocycles. The number of nitrogens with zero attached hydrogens (tertiary/aromatic N) is 2. The van der Waals surface area contributed by atoms with Crippen molar-refractivity contribution in [3.05, 3.63) is 12.0 Å². The zero-order valence-electron chi connectivity index (χ0n) is 7.40. The largest absolute Gasteiger partial charge is 0.475 e. The lowest BCUT2D eigenvalue weighted by Crippen LogP contribution is -2.12. The smallest absolute Gasteiger partial charge is 0.255 e. The molecule has 0 unspecified atom stereocenters. The van der Waals surface area contributed by atoms with Crippen LogP contribution in [0.1, 0.15) is 6.42 Å². The molecule has 0 saturated carbocycles. The Hall–Kier alpha value is -1.47. The number of anilines is 1. The third kappa shape index (κ3) is 2.79. The van der Waals surface area contributed by atoms with Crippen molar-refractivity contribution in [2.45, 2.75) is 6.42 Å². The summed E-state index contributed by atoms with van der Waals surface area (Å²) in [6.07, 6.45) is 1.37. The van der Waals surface area contributed by atoms with Crippen LogP contribution in [0.4, 0.5) is 10.3 Å². The molecule has 14 heavy (non-hydrogen) atoms. The van der Waals surface area contributed by atoms with E-state index in [0.29, 0.717) is 6.42 Å². The van der Waals surface area contributed by atoms with Crippen LogP contribution < -0.4 is 16.0 Å². The van der Waals surface area contributed by atoms with E-state index >= 15 is 0 Å². The SMILES string of the molecule is NNc1ncc(F)c(OCCCO)n1. The van der Waals surface area contributed by atoms with Crippen LogP contribution in [0.3, 0.4) is 0 Å². The van der Waals surface area contributed by atoms with Gasteiger partial charge in [-0.3, -0.25) is 5.43 Å². The number of hydrazine groups is 1. The summed E-state index contributed by atoms with van der Waals surface area (Å²) in [4.78, 5) is 7.17. The number of rotatable bonds is 5. The van der Waals surface area contributed by atoms with Crippen LogP contribution in [0.25, 0.3) is 0 Å². The van der Waals surface area contributed by atoms with Gasteiger partial charge in [0.1, 0.15) is 0 Å². The molecule has 1 aromatic rings. The number of aliphatic hydroxyl groups excluding tert-OH is 1. The van der Waals surface area contributed by atoms with Crippen molar-refractivity contribution in [2.75, 3.05) is 18.6 Å². The Balaban J connectivity index is 2.64. The highest BCUT2D eigenvalue weighted by Gasteiger charge is 2.06. The maximum atomic E-state index is 13.0. The van der Waals surface area contributed by atoms with Crippen molar-refractivity contribution in [3.63, 3.8) is 0 Å². The van der Waals surface area contributed by atoms with Gasteiger partial charge in [-0.25, -0.2) is 10.8 Å². The van der Waals surface area contributed by atoms with E-state index in [0.717, 1.165) is 6.20 Å². The Bertz CT molecular complexity index is 297. The van der Waals surface area contributed by atoms with Crippen molar-refractivity contribution in [1.82, 2.24) is 9.97 Å². The van der Waals surface area contributed by atoms with Gasteiger partial charge in [0.2, 0.25) is 11.8 Å². The molecule has 0 amide bonds. The van der Waals surface area contributed by atoms with Crippen molar-refractivity contribution >= 4 is 5.95 Å². The second-order valence-corrected chi connectivity index (χ2v) is 2.42. The number of nitrogens with one attached hydrogen (secondary N) is 1. The molecule has 0 aliphatic carbocycles. The van der Waals surface area contributed by atoms with E-state index in [2.05, 4.69) is 15.4 Å². The molecular formula is C7H11FN4O2. The maximum absolute atomic E-state index is 13.0. The van der Waals surface area contributed by atoms with E-state index in [1.165, 1.54) is 0 Å². The third-order valence-electron chi connectivity index (χ3n) is 1.38. The first-order valence-corrected chi connectivity index (χ1v) is 4.00. The Labute approximate surface area is 79.9 Å². The Morgan fingerprint density at radius 1 is 1.64 bits per heavy atom. The molecule has 0 radical (unpaired) electrons. The first-order chi connectivity index (χ1) is 6.77. The normalized spacial score (nSPS) is 9.93. The Morgan fingerprint density at radius 2 is 2.43 bits per heavy atom. The molecular weight excluding hydrogens is 191 g/mol. The summed E-state index contributed by atoms with van der Waals surface area (Å²) >= 11 is 0. The van der Waals surface area contributed by atoms with Gasteiger partial charge in [0.15, 0.2) is 0 Å². The number of nitrogen functional groups attached to an aromatic ring is 1. The second-order valence-electron chi connectivity index (χ2n) is 2.42. The summed E-state index contributed by atoms with van der Waals surface area (Å²) in [6, 6.07) is 0. The molecule has 0 spiro atoms. The van der Waals surface area contributed by atoms with Gasteiger partial charge in [0, 0.05) is 13.0 Å². The molecule has 78 valence electrons. The fourth-order valence-electron chi connectivity index (χ4n) is 0.756. The number of ether oxygens (including phenoxy) is 1. The number of aromatic nitrogens is 2. The summed E-state index contributed by atoms with van der Waals surface area (Å²) in [5, 5.41) is 8.48. The summed E-state index contributed by atoms with van der Waals surface area (Å²) < 4.78 is 17.9. The van der Waals surface area contributed by atoms with Crippen LogP contribution in [0, 0.1) is 5.82 Å². The molecule has 6 nitrogen and oxygen atoms in total. The molecule has 0 aromatic carbocycles. The molecule has 7 heteroatoms. The van der Waals surface area contributed by atoms with E-state index in [-0.39, 0.29) is 25.0 Å². The van der Waals surface area contributed by atoms with Crippen LogP contribution in [0.5, 0.6) is 5.88 Å². The number of hydrogen-bond donors (Lipinski definition) is 3. The highest BCUT2D eigenvalue weighted by Crippen LogP contribution is 2.13. The summed E-state index contributed by atoms with van der Waals surface area (Å²) in [6.45, 7) is 0.170. The monoisotopic (exact) mass is 202 g/mol. The van der Waals surface area contributed by atoms with E-state index in [9.17, 15) is 4.39 Å². The van der Waals surface area contributed by atoms with Crippen molar-refractivity contribution in [1.29, 1.82) is 0 Å². The van der Waals surface area contributed by atoms with Crippen LogP contribution >= 0.6 is 0 Å². The van der Waals surface area contributed by atoms with Gasteiger partial charge in [0.05, 0.1) is 12.8 Å². The molecule has 0 bridgehead atoms. The molecule has 1 rings (SSSR count). The zero-order valence-corrected chi connectivity index (χ0v) is 7.40. The van der Waals surface area contributed by atoms with Crippen LogP contribution in [-0.4, -0.2) is 28.3 Å². The first-order valence-electron chi connectivity index (χ1n) is 4.00. The summed E-state index contributed by atoms with van der Waals surface area (Å²) in [5.41, 5.74) is 2.17. The third-order valence-corrected chi connectivity index (χ3v) is 1.38. The predicted octanol–water partition coefficient (Wildman–Crippen LogP) is -0.338. The number of hydrogen-bond acceptors (Lipinski definition) is 6. The van der Waals surface area contributed by atoms with Gasteiger partial charge in [-0.2, -0.15) is 9.37 Å². The average molecular weight is 202 g/mol. The highest BCUT2D eigenvalue weighted by molar-refractivity contribution is 5.26. The van der Waals surface area contributed by atoms with Crippen LogP contribution in [0.2, 0.25) is 0 Å². The van der Waals surface area contributed by atoms with Gasteiger partial charge in [-0.15, -0.1) is 0 Å². The Kier molecular flexibility index (Phi) is 4.02. The first kappa shape index (κ1) is 10.6. The summed E-state index contributed by atoms with van der Waals surface area (Å²) in [7, 11) is 0. The minimum absolute atomic E-state index is 0.0191. The summed E-state index contributed by atoms with van der Waals surface area (Å²) in [5.74, 6) is 4.26.